The topological polar surface area (TPSA) is 237 Å². The van der Waals surface area contributed by atoms with E-state index >= 15 is 0 Å². The SMILES string of the molecule is CC(C)=Nc1cc(C(=O)NCC(=O)NCCS(=O)(=O)O)cc(C(=O)NCC(=O)NCCS(=O)(=O)O)c1C. The van der Waals surface area contributed by atoms with Gasteiger partial charge in [-0.3, -0.25) is 33.3 Å². The molecule has 1 aromatic rings. The minimum atomic E-state index is -4.26. The van der Waals surface area contributed by atoms with E-state index in [0.29, 0.717) is 11.3 Å². The molecule has 0 radical (unpaired) electrons. The molecule has 37 heavy (non-hydrogen) atoms. The first-order valence-electron chi connectivity index (χ1n) is 10.6. The van der Waals surface area contributed by atoms with Gasteiger partial charge in [-0.1, -0.05) is 0 Å². The number of amides is 4. The maximum absolute atomic E-state index is 12.7. The van der Waals surface area contributed by atoms with E-state index in [2.05, 4.69) is 26.3 Å². The lowest BCUT2D eigenvalue weighted by Crippen LogP contribution is -2.39. The van der Waals surface area contributed by atoms with Crippen molar-refractivity contribution in [1.82, 2.24) is 21.3 Å². The summed E-state index contributed by atoms with van der Waals surface area (Å²) in [4.78, 5) is 53.3. The lowest BCUT2D eigenvalue weighted by Gasteiger charge is -2.13. The van der Waals surface area contributed by atoms with Crippen molar-refractivity contribution < 1.29 is 45.1 Å². The quantitative estimate of drug-likeness (QED) is 0.121. The van der Waals surface area contributed by atoms with E-state index in [9.17, 15) is 36.0 Å². The summed E-state index contributed by atoms with van der Waals surface area (Å²) < 4.78 is 60.1. The molecule has 17 heteroatoms. The summed E-state index contributed by atoms with van der Waals surface area (Å²) in [6.07, 6.45) is 0. The van der Waals surface area contributed by atoms with Crippen molar-refractivity contribution in [2.24, 2.45) is 4.99 Å². The third-order valence-electron chi connectivity index (χ3n) is 4.41. The molecule has 6 N–H and O–H groups in total. The maximum Gasteiger partial charge on any atom is 0.266 e. The van der Waals surface area contributed by atoms with Gasteiger partial charge < -0.3 is 21.3 Å². The molecule has 0 aliphatic carbocycles. The van der Waals surface area contributed by atoms with Gasteiger partial charge in [-0.25, -0.2) is 0 Å². The first-order chi connectivity index (χ1) is 17.0. The van der Waals surface area contributed by atoms with E-state index in [1.54, 1.807) is 20.8 Å². The van der Waals surface area contributed by atoms with Crippen LogP contribution in [0.1, 0.15) is 40.1 Å². The highest BCUT2D eigenvalue weighted by molar-refractivity contribution is 7.86. The Kier molecular flexibility index (Phi) is 11.8. The molecule has 4 amide bonds. The van der Waals surface area contributed by atoms with E-state index in [-0.39, 0.29) is 29.9 Å². The molecule has 0 atom stereocenters. The lowest BCUT2D eigenvalue weighted by atomic mass is 10.0. The van der Waals surface area contributed by atoms with Crippen LogP contribution in [-0.4, -0.2) is 93.0 Å². The first-order valence-corrected chi connectivity index (χ1v) is 13.9. The van der Waals surface area contributed by atoms with Crippen molar-refractivity contribution >= 4 is 55.3 Å². The number of carbonyl (C=O) groups excluding carboxylic acids is 4. The minimum absolute atomic E-state index is 0.0102. The van der Waals surface area contributed by atoms with E-state index in [0.717, 1.165) is 0 Å². The van der Waals surface area contributed by atoms with Crippen LogP contribution >= 0.6 is 0 Å². The van der Waals surface area contributed by atoms with Gasteiger partial charge in [-0.15, -0.1) is 0 Å². The van der Waals surface area contributed by atoms with Crippen molar-refractivity contribution in [1.29, 1.82) is 0 Å². The zero-order chi connectivity index (χ0) is 28.4. The number of nitrogens with zero attached hydrogens (tertiary/aromatic N) is 1. The van der Waals surface area contributed by atoms with Gasteiger partial charge in [0.15, 0.2) is 0 Å². The molecular weight excluding hydrogens is 534 g/mol. The Balaban J connectivity index is 2.95. The third-order valence-corrected chi connectivity index (χ3v) is 5.85. The summed E-state index contributed by atoms with van der Waals surface area (Å²) in [7, 11) is -8.52. The Bertz CT molecular complexity index is 1290. The fraction of sp³-hybridized carbons (Fsp3) is 0.450. The number of carbonyl (C=O) groups is 4. The molecule has 0 unspecified atom stereocenters. The number of rotatable bonds is 13. The summed E-state index contributed by atoms with van der Waals surface area (Å²) in [6.45, 7) is 3.21. The van der Waals surface area contributed by atoms with E-state index < -0.39 is 68.5 Å². The molecule has 0 bridgehead atoms. The normalized spacial score (nSPS) is 11.3. The van der Waals surface area contributed by atoms with Crippen LogP contribution in [-0.2, 0) is 29.8 Å². The van der Waals surface area contributed by atoms with Gasteiger partial charge in [0, 0.05) is 29.9 Å². The van der Waals surface area contributed by atoms with Gasteiger partial charge in [-0.05, 0) is 38.5 Å². The Morgan fingerprint density at radius 3 is 1.68 bits per heavy atom. The second kappa shape index (κ2) is 13.8. The Labute approximate surface area is 214 Å². The smallest absolute Gasteiger partial charge is 0.266 e. The highest BCUT2D eigenvalue weighted by Gasteiger charge is 2.19. The molecule has 0 aromatic heterocycles. The average Bonchev–Trinajstić information content (AvgIpc) is 2.75. The fourth-order valence-electron chi connectivity index (χ4n) is 2.71. The molecule has 15 nitrogen and oxygen atoms in total. The number of hydrogen-bond donors (Lipinski definition) is 6. The van der Waals surface area contributed by atoms with Gasteiger partial charge in [0.25, 0.3) is 32.1 Å². The van der Waals surface area contributed by atoms with Crippen LogP contribution in [0.15, 0.2) is 17.1 Å². The highest BCUT2D eigenvalue weighted by Crippen LogP contribution is 2.25. The zero-order valence-electron chi connectivity index (χ0n) is 20.3. The Hall–Kier alpha value is -3.41. The second-order valence-electron chi connectivity index (χ2n) is 7.86. The van der Waals surface area contributed by atoms with Crippen molar-refractivity contribution in [3.63, 3.8) is 0 Å². The predicted molar refractivity (Wildman–Crippen MR) is 133 cm³/mol. The van der Waals surface area contributed by atoms with Crippen molar-refractivity contribution in [3.8, 4) is 0 Å². The standard InChI is InChI=1S/C20H29N5O10S2/c1-12(2)25-16-9-14(19(28)23-10-17(26)21-4-6-36(30,31)32)8-15(13(16)3)20(29)24-11-18(27)22-5-7-37(33,34)35/h8-9H,4-7,10-11H2,1-3H3,(H,21,26)(H,22,27)(H,23,28)(H,24,29)(H,30,31,32)(H,33,34,35). The number of benzene rings is 1. The van der Waals surface area contributed by atoms with Crippen LogP contribution in [0.3, 0.4) is 0 Å². The predicted octanol–water partition coefficient (Wildman–Crippen LogP) is -1.43. The fourth-order valence-corrected chi connectivity index (χ4v) is 3.43. The van der Waals surface area contributed by atoms with Crippen LogP contribution in [0.25, 0.3) is 0 Å². The van der Waals surface area contributed by atoms with Gasteiger partial charge in [0.2, 0.25) is 11.8 Å². The van der Waals surface area contributed by atoms with Crippen LogP contribution in [0.5, 0.6) is 0 Å². The number of hydrogen-bond acceptors (Lipinski definition) is 9. The van der Waals surface area contributed by atoms with Gasteiger partial charge in [0.05, 0.1) is 30.3 Å². The molecule has 0 heterocycles. The van der Waals surface area contributed by atoms with Crippen molar-refractivity contribution in [3.05, 3.63) is 28.8 Å². The molecule has 0 fully saturated rings. The molecule has 0 aliphatic heterocycles. The van der Waals surface area contributed by atoms with E-state index in [1.807, 2.05) is 0 Å². The number of nitrogens with one attached hydrogen (secondary N) is 4. The summed E-state index contributed by atoms with van der Waals surface area (Å²) in [5.74, 6) is -4.30. The molecule has 0 saturated carbocycles. The summed E-state index contributed by atoms with van der Waals surface area (Å²) in [6, 6.07) is 2.63. The molecule has 0 aliphatic rings. The molecule has 1 rings (SSSR count). The molecule has 206 valence electrons. The second-order valence-corrected chi connectivity index (χ2v) is 11.0. The van der Waals surface area contributed by atoms with E-state index in [4.69, 9.17) is 9.11 Å². The van der Waals surface area contributed by atoms with Gasteiger partial charge >= 0.3 is 0 Å². The van der Waals surface area contributed by atoms with E-state index in [1.165, 1.54) is 12.1 Å². The third kappa shape index (κ3) is 12.9. The lowest BCUT2D eigenvalue weighted by molar-refractivity contribution is -0.120. The zero-order valence-corrected chi connectivity index (χ0v) is 22.0. The van der Waals surface area contributed by atoms with Crippen LogP contribution in [0.2, 0.25) is 0 Å². The van der Waals surface area contributed by atoms with Gasteiger partial charge in [-0.2, -0.15) is 16.8 Å². The maximum atomic E-state index is 12.7. The van der Waals surface area contributed by atoms with Crippen LogP contribution < -0.4 is 21.3 Å². The molecule has 0 spiro atoms. The Morgan fingerprint density at radius 2 is 1.24 bits per heavy atom. The minimum Gasteiger partial charge on any atom is -0.353 e. The summed E-state index contributed by atoms with van der Waals surface area (Å²) in [5, 5.41) is 9.09. The van der Waals surface area contributed by atoms with Crippen LogP contribution in [0, 0.1) is 6.92 Å². The average molecular weight is 564 g/mol. The molecular formula is C20H29N5O10S2. The largest absolute Gasteiger partial charge is 0.353 e. The monoisotopic (exact) mass is 563 g/mol. The van der Waals surface area contributed by atoms with Gasteiger partial charge in [0.1, 0.15) is 0 Å². The first kappa shape index (κ1) is 31.6. The van der Waals surface area contributed by atoms with Crippen molar-refractivity contribution in [2.45, 2.75) is 20.8 Å². The molecule has 1 aromatic carbocycles. The number of aliphatic imine (C=N–C) groups is 1. The summed E-state index contributed by atoms with van der Waals surface area (Å²) in [5.41, 5.74) is 1.27. The highest BCUT2D eigenvalue weighted by atomic mass is 32.2. The van der Waals surface area contributed by atoms with Crippen LogP contribution in [0.4, 0.5) is 5.69 Å². The van der Waals surface area contributed by atoms with Crippen molar-refractivity contribution in [2.75, 3.05) is 37.7 Å². The molecule has 0 saturated heterocycles. The Morgan fingerprint density at radius 1 is 0.784 bits per heavy atom. The summed E-state index contributed by atoms with van der Waals surface area (Å²) >= 11 is 0.